The minimum Gasteiger partial charge on any atom is -0.496 e. The number of nitrogens with zero attached hydrogens (tertiary/aromatic N) is 2. The maximum Gasteiger partial charge on any atom is 0.123 e. The van der Waals surface area contributed by atoms with Crippen molar-refractivity contribution >= 4 is 0 Å². The molecule has 4 nitrogen and oxygen atoms in total. The van der Waals surface area contributed by atoms with Crippen LogP contribution in [0.2, 0.25) is 0 Å². The van der Waals surface area contributed by atoms with Crippen molar-refractivity contribution in [1.29, 1.82) is 0 Å². The monoisotopic (exact) mass is 259 g/mol. The minimum atomic E-state index is 0.783. The van der Waals surface area contributed by atoms with E-state index in [4.69, 9.17) is 4.74 Å². The third-order valence-electron chi connectivity index (χ3n) is 3.01. The van der Waals surface area contributed by atoms with E-state index in [1.165, 1.54) is 11.1 Å². The molecule has 1 aromatic heterocycles. The van der Waals surface area contributed by atoms with Crippen LogP contribution in [0.3, 0.4) is 0 Å². The summed E-state index contributed by atoms with van der Waals surface area (Å²) in [7, 11) is 1.71. The molecule has 19 heavy (non-hydrogen) atoms. The summed E-state index contributed by atoms with van der Waals surface area (Å²) in [6, 6.07) is 6.34. The summed E-state index contributed by atoms with van der Waals surface area (Å²) in [5.41, 5.74) is 2.46. The zero-order chi connectivity index (χ0) is 13.5. The van der Waals surface area contributed by atoms with E-state index in [1.807, 2.05) is 23.2 Å². The van der Waals surface area contributed by atoms with Gasteiger partial charge in [0.05, 0.1) is 20.0 Å². The highest BCUT2D eigenvalue weighted by atomic mass is 16.5. The minimum absolute atomic E-state index is 0.783. The largest absolute Gasteiger partial charge is 0.496 e. The first-order valence-electron chi connectivity index (χ1n) is 6.65. The molecule has 0 unspecified atom stereocenters. The molecule has 0 radical (unpaired) electrons. The number of imidazole rings is 1. The third-order valence-corrected chi connectivity index (χ3v) is 3.01. The molecule has 4 heteroatoms. The van der Waals surface area contributed by atoms with Crippen LogP contribution in [0.4, 0.5) is 0 Å². The molecule has 1 heterocycles. The van der Waals surface area contributed by atoms with E-state index in [0.717, 1.165) is 31.8 Å². The molecule has 0 fully saturated rings. The number of rotatable bonds is 7. The molecule has 102 valence electrons. The molecule has 0 saturated heterocycles. The Balaban J connectivity index is 2.11. The van der Waals surface area contributed by atoms with Crippen LogP contribution in [0, 0.1) is 0 Å². The summed E-state index contributed by atoms with van der Waals surface area (Å²) in [6.45, 7) is 4.90. The van der Waals surface area contributed by atoms with Crippen LogP contribution in [0.1, 0.15) is 24.5 Å². The van der Waals surface area contributed by atoms with Gasteiger partial charge in [0.1, 0.15) is 5.75 Å². The van der Waals surface area contributed by atoms with Gasteiger partial charge in [0.2, 0.25) is 0 Å². The van der Waals surface area contributed by atoms with Gasteiger partial charge in [-0.3, -0.25) is 0 Å². The zero-order valence-electron chi connectivity index (χ0n) is 11.6. The number of ether oxygens (including phenoxy) is 1. The second-order valence-corrected chi connectivity index (χ2v) is 4.56. The lowest BCUT2D eigenvalue weighted by molar-refractivity contribution is 0.408. The van der Waals surface area contributed by atoms with Crippen molar-refractivity contribution in [3.63, 3.8) is 0 Å². The van der Waals surface area contributed by atoms with Gasteiger partial charge in [0.15, 0.2) is 0 Å². The molecule has 0 spiro atoms. The van der Waals surface area contributed by atoms with Gasteiger partial charge in [-0.05, 0) is 30.7 Å². The van der Waals surface area contributed by atoms with Crippen LogP contribution in [-0.2, 0) is 13.1 Å². The van der Waals surface area contributed by atoms with Crippen LogP contribution in [0.5, 0.6) is 5.75 Å². The van der Waals surface area contributed by atoms with E-state index < -0.39 is 0 Å². The number of benzene rings is 1. The van der Waals surface area contributed by atoms with Gasteiger partial charge in [0.25, 0.3) is 0 Å². The second kappa shape index (κ2) is 6.95. The molecule has 0 saturated carbocycles. The summed E-state index contributed by atoms with van der Waals surface area (Å²) < 4.78 is 7.46. The molecule has 0 aliphatic rings. The summed E-state index contributed by atoms with van der Waals surface area (Å²) in [5, 5.41) is 3.41. The van der Waals surface area contributed by atoms with E-state index in [2.05, 4.69) is 29.4 Å². The highest BCUT2D eigenvalue weighted by molar-refractivity contribution is 5.37. The Morgan fingerprint density at radius 1 is 1.37 bits per heavy atom. The smallest absolute Gasteiger partial charge is 0.123 e. The highest BCUT2D eigenvalue weighted by Gasteiger charge is 2.05. The first kappa shape index (κ1) is 13.6. The van der Waals surface area contributed by atoms with Crippen LogP contribution in [0.25, 0.3) is 0 Å². The fourth-order valence-electron chi connectivity index (χ4n) is 2.05. The molecule has 1 N–H and O–H groups in total. The van der Waals surface area contributed by atoms with Crippen molar-refractivity contribution in [2.45, 2.75) is 26.4 Å². The molecule has 2 aromatic rings. The van der Waals surface area contributed by atoms with E-state index in [9.17, 15) is 0 Å². The van der Waals surface area contributed by atoms with Gasteiger partial charge in [0, 0.05) is 24.5 Å². The molecule has 1 aromatic carbocycles. The quantitative estimate of drug-likeness (QED) is 0.776. The van der Waals surface area contributed by atoms with Crippen molar-refractivity contribution in [2.75, 3.05) is 13.7 Å². The predicted molar refractivity (Wildman–Crippen MR) is 76.3 cm³/mol. The van der Waals surface area contributed by atoms with Crippen LogP contribution >= 0.6 is 0 Å². The van der Waals surface area contributed by atoms with Crippen molar-refractivity contribution in [3.05, 3.63) is 48.0 Å². The third kappa shape index (κ3) is 3.83. The Labute approximate surface area is 114 Å². The van der Waals surface area contributed by atoms with Gasteiger partial charge in [-0.25, -0.2) is 4.98 Å². The molecule has 0 aliphatic heterocycles. The number of aromatic nitrogens is 2. The average molecular weight is 259 g/mol. The van der Waals surface area contributed by atoms with Gasteiger partial charge in [-0.1, -0.05) is 13.0 Å². The lowest BCUT2D eigenvalue weighted by Crippen LogP contribution is -2.14. The maximum atomic E-state index is 5.42. The highest BCUT2D eigenvalue weighted by Crippen LogP contribution is 2.21. The lowest BCUT2D eigenvalue weighted by Gasteiger charge is -2.12. The fourth-order valence-corrected chi connectivity index (χ4v) is 2.05. The topological polar surface area (TPSA) is 39.1 Å². The van der Waals surface area contributed by atoms with Crippen molar-refractivity contribution < 1.29 is 4.74 Å². The molecular formula is C15H21N3O. The van der Waals surface area contributed by atoms with Gasteiger partial charge >= 0.3 is 0 Å². The van der Waals surface area contributed by atoms with Crippen molar-refractivity contribution in [1.82, 2.24) is 14.9 Å². The first-order chi connectivity index (χ1) is 9.33. The summed E-state index contributed by atoms with van der Waals surface area (Å²) in [5.74, 6) is 0.924. The first-order valence-corrected chi connectivity index (χ1v) is 6.65. The summed E-state index contributed by atoms with van der Waals surface area (Å²) >= 11 is 0. The summed E-state index contributed by atoms with van der Waals surface area (Å²) in [4.78, 5) is 4.07. The van der Waals surface area contributed by atoms with E-state index in [0.29, 0.717) is 0 Å². The summed E-state index contributed by atoms with van der Waals surface area (Å²) in [6.07, 6.45) is 6.72. The van der Waals surface area contributed by atoms with Crippen molar-refractivity contribution in [2.24, 2.45) is 0 Å². The van der Waals surface area contributed by atoms with E-state index in [1.54, 1.807) is 13.3 Å². The standard InChI is InChI=1S/C15H21N3O/c1-3-6-16-10-13-4-5-15(19-2)14(9-13)11-18-8-7-17-12-18/h4-5,7-9,12,16H,3,6,10-11H2,1-2H3. The molecule has 0 aliphatic carbocycles. The van der Waals surface area contributed by atoms with Crippen molar-refractivity contribution in [3.8, 4) is 5.75 Å². The predicted octanol–water partition coefficient (Wildman–Crippen LogP) is 2.44. The Hall–Kier alpha value is -1.81. The number of nitrogens with one attached hydrogen (secondary N) is 1. The number of hydrogen-bond acceptors (Lipinski definition) is 3. The van der Waals surface area contributed by atoms with Gasteiger partial charge in [-0.2, -0.15) is 0 Å². The average Bonchev–Trinajstić information content (AvgIpc) is 2.92. The fraction of sp³-hybridized carbons (Fsp3) is 0.400. The maximum absolute atomic E-state index is 5.42. The molecule has 0 amide bonds. The Morgan fingerprint density at radius 3 is 2.95 bits per heavy atom. The van der Waals surface area contributed by atoms with E-state index in [-0.39, 0.29) is 0 Å². The number of hydrogen-bond donors (Lipinski definition) is 1. The molecule has 0 atom stereocenters. The molecular weight excluding hydrogens is 238 g/mol. The van der Waals surface area contributed by atoms with Gasteiger partial charge in [-0.15, -0.1) is 0 Å². The van der Waals surface area contributed by atoms with Crippen LogP contribution in [0.15, 0.2) is 36.9 Å². The Kier molecular flexibility index (Phi) is 4.98. The molecule has 0 bridgehead atoms. The SMILES string of the molecule is CCCNCc1ccc(OC)c(Cn2ccnc2)c1. The van der Waals surface area contributed by atoms with Gasteiger partial charge < -0.3 is 14.6 Å². The lowest BCUT2D eigenvalue weighted by atomic mass is 10.1. The molecule has 2 rings (SSSR count). The van der Waals surface area contributed by atoms with E-state index >= 15 is 0 Å². The Bertz CT molecular complexity index is 494. The van der Waals surface area contributed by atoms with Crippen LogP contribution < -0.4 is 10.1 Å². The Morgan fingerprint density at radius 2 is 2.26 bits per heavy atom. The number of methoxy groups -OCH3 is 1. The zero-order valence-corrected chi connectivity index (χ0v) is 11.6. The second-order valence-electron chi connectivity index (χ2n) is 4.56. The normalized spacial score (nSPS) is 10.6. The van der Waals surface area contributed by atoms with Crippen LogP contribution in [-0.4, -0.2) is 23.2 Å².